The van der Waals surface area contributed by atoms with Crippen molar-refractivity contribution in [3.63, 3.8) is 0 Å². The molecule has 3 aromatic rings. The zero-order valence-electron chi connectivity index (χ0n) is 25.3. The SMILES string of the molecule is C=C(/C=N\C(CC)=C(/C)CC)c1cccc(-c2cccc(-c3cnc(CN4C5CCCC4C5)c(CC)n3)c2Cl)c1C. The van der Waals surface area contributed by atoms with Crippen molar-refractivity contribution in [2.45, 2.75) is 98.2 Å². The number of aromatic nitrogens is 2. The number of piperidine rings is 1. The fourth-order valence-corrected chi connectivity index (χ4v) is 6.80. The van der Waals surface area contributed by atoms with Crippen molar-refractivity contribution in [3.05, 3.63) is 88.0 Å². The maximum absolute atomic E-state index is 7.14. The van der Waals surface area contributed by atoms with Gasteiger partial charge in [-0.1, -0.05) is 87.3 Å². The van der Waals surface area contributed by atoms with E-state index in [1.54, 1.807) is 0 Å². The number of aliphatic imine (C=N–C) groups is 1. The number of allylic oxidation sites excluding steroid dienone is 3. The number of halogens is 1. The van der Waals surface area contributed by atoms with Crippen molar-refractivity contribution in [1.29, 1.82) is 0 Å². The smallest absolute Gasteiger partial charge is 0.0903 e. The van der Waals surface area contributed by atoms with Gasteiger partial charge in [-0.2, -0.15) is 0 Å². The van der Waals surface area contributed by atoms with Gasteiger partial charge in [-0.25, -0.2) is 4.98 Å². The topological polar surface area (TPSA) is 41.4 Å². The Morgan fingerprint density at radius 3 is 2.41 bits per heavy atom. The minimum atomic E-state index is 0.697. The second-order valence-corrected chi connectivity index (χ2v) is 11.9. The van der Waals surface area contributed by atoms with Gasteiger partial charge in [-0.05, 0) is 74.6 Å². The third-order valence-electron chi connectivity index (χ3n) is 9.13. The van der Waals surface area contributed by atoms with Crippen LogP contribution in [0, 0.1) is 6.92 Å². The van der Waals surface area contributed by atoms with Crippen LogP contribution >= 0.6 is 11.6 Å². The minimum absolute atomic E-state index is 0.697. The van der Waals surface area contributed by atoms with Crippen LogP contribution in [-0.2, 0) is 13.0 Å². The molecule has 2 aliphatic rings. The molecule has 2 unspecified atom stereocenters. The molecule has 2 bridgehead atoms. The van der Waals surface area contributed by atoms with E-state index >= 15 is 0 Å². The van der Waals surface area contributed by atoms with E-state index in [-0.39, 0.29) is 0 Å². The molecule has 3 heterocycles. The maximum Gasteiger partial charge on any atom is 0.0903 e. The molecular weight excluding hydrogens is 524 g/mol. The first-order chi connectivity index (χ1) is 19.9. The van der Waals surface area contributed by atoms with Crippen molar-refractivity contribution in [1.82, 2.24) is 14.9 Å². The average molecular weight is 567 g/mol. The highest BCUT2D eigenvalue weighted by Gasteiger charge is 2.41. The molecule has 2 atom stereocenters. The first kappa shape index (κ1) is 29.4. The number of benzene rings is 2. The molecular formula is C36H43ClN4. The molecule has 2 fully saturated rings. The quantitative estimate of drug-likeness (QED) is 0.229. The van der Waals surface area contributed by atoms with Crippen LogP contribution < -0.4 is 0 Å². The van der Waals surface area contributed by atoms with Gasteiger partial charge < -0.3 is 0 Å². The van der Waals surface area contributed by atoms with Crippen LogP contribution in [-0.4, -0.2) is 33.2 Å². The van der Waals surface area contributed by atoms with Gasteiger partial charge >= 0.3 is 0 Å². The molecule has 214 valence electrons. The third-order valence-corrected chi connectivity index (χ3v) is 9.54. The van der Waals surface area contributed by atoms with Crippen molar-refractivity contribution in [3.8, 4) is 22.4 Å². The largest absolute Gasteiger partial charge is 0.291 e. The summed E-state index contributed by atoms with van der Waals surface area (Å²) in [5.74, 6) is 0. The van der Waals surface area contributed by atoms with Crippen LogP contribution in [0.4, 0.5) is 0 Å². The summed E-state index contributed by atoms with van der Waals surface area (Å²) < 4.78 is 0. The third kappa shape index (κ3) is 5.96. The summed E-state index contributed by atoms with van der Waals surface area (Å²) in [6, 6.07) is 14.0. The molecule has 5 heteroatoms. The van der Waals surface area contributed by atoms with Crippen LogP contribution in [0.3, 0.4) is 0 Å². The fraction of sp³-hybridized carbons (Fsp3) is 0.417. The lowest BCUT2D eigenvalue weighted by Crippen LogP contribution is -2.58. The number of aryl methyl sites for hydroxylation is 1. The zero-order valence-corrected chi connectivity index (χ0v) is 26.1. The van der Waals surface area contributed by atoms with E-state index in [1.165, 1.54) is 31.3 Å². The predicted molar refractivity (Wildman–Crippen MR) is 174 cm³/mol. The lowest BCUT2D eigenvalue weighted by Gasteiger charge is -2.53. The lowest BCUT2D eigenvalue weighted by atomic mass is 9.79. The Morgan fingerprint density at radius 2 is 1.73 bits per heavy atom. The Morgan fingerprint density at radius 1 is 1.02 bits per heavy atom. The van der Waals surface area contributed by atoms with Crippen molar-refractivity contribution < 1.29 is 0 Å². The summed E-state index contributed by atoms with van der Waals surface area (Å²) in [6.45, 7) is 16.0. The molecule has 1 aromatic heterocycles. The Hall–Kier alpha value is -3.08. The fourth-order valence-electron chi connectivity index (χ4n) is 6.48. The van der Waals surface area contributed by atoms with Gasteiger partial charge in [0.2, 0.25) is 0 Å². The normalized spacial score (nSPS) is 19.3. The number of hydrogen-bond donors (Lipinski definition) is 0. The molecule has 0 aliphatic carbocycles. The summed E-state index contributed by atoms with van der Waals surface area (Å²) in [6.07, 6.45) is 11.9. The highest BCUT2D eigenvalue weighted by molar-refractivity contribution is 6.36. The molecule has 0 N–H and O–H groups in total. The standard InChI is InChI=1S/C36H43ClN4/c1-7-23(4)32(8-2)38-20-24(5)28-15-11-16-29(25(28)6)30-17-12-18-31(36(30)37)34-21-39-35(33(9-3)40-34)22-41-26-13-10-14-27(41)19-26/h11-12,15-18,20-21,26-27H,5,7-10,13-14,19,22H2,1-4,6H3/b32-23+,38-20-. The van der Waals surface area contributed by atoms with E-state index in [1.807, 2.05) is 18.5 Å². The molecule has 0 radical (unpaired) electrons. The van der Waals surface area contributed by atoms with Crippen molar-refractivity contribution in [2.75, 3.05) is 0 Å². The Bertz CT molecular complexity index is 1490. The van der Waals surface area contributed by atoms with E-state index < -0.39 is 0 Å². The van der Waals surface area contributed by atoms with Gasteiger partial charge in [0.15, 0.2) is 0 Å². The van der Waals surface area contributed by atoms with E-state index in [0.29, 0.717) is 5.02 Å². The van der Waals surface area contributed by atoms with Gasteiger partial charge in [0.25, 0.3) is 0 Å². The number of rotatable bonds is 10. The second-order valence-electron chi connectivity index (χ2n) is 11.5. The van der Waals surface area contributed by atoms with Gasteiger partial charge in [0.05, 0.1) is 28.3 Å². The molecule has 0 amide bonds. The van der Waals surface area contributed by atoms with Gasteiger partial charge in [0.1, 0.15) is 0 Å². The Balaban J connectivity index is 1.43. The zero-order chi connectivity index (χ0) is 29.1. The summed E-state index contributed by atoms with van der Waals surface area (Å²) in [7, 11) is 0. The van der Waals surface area contributed by atoms with E-state index in [4.69, 9.17) is 26.6 Å². The molecule has 41 heavy (non-hydrogen) atoms. The molecule has 2 aliphatic heterocycles. The maximum atomic E-state index is 7.14. The molecule has 2 aromatic carbocycles. The van der Waals surface area contributed by atoms with Gasteiger partial charge in [-0.3, -0.25) is 14.9 Å². The minimum Gasteiger partial charge on any atom is -0.291 e. The molecule has 2 saturated heterocycles. The van der Waals surface area contributed by atoms with Gasteiger partial charge in [0, 0.05) is 41.7 Å². The summed E-state index contributed by atoms with van der Waals surface area (Å²) >= 11 is 7.14. The monoisotopic (exact) mass is 566 g/mol. The van der Waals surface area contributed by atoms with E-state index in [2.05, 4.69) is 76.4 Å². The Labute approximate surface area is 251 Å². The van der Waals surface area contributed by atoms with Crippen LogP contribution in [0.5, 0.6) is 0 Å². The van der Waals surface area contributed by atoms with Crippen molar-refractivity contribution in [2.24, 2.45) is 4.99 Å². The molecule has 0 spiro atoms. The first-order valence-electron chi connectivity index (χ1n) is 15.3. The second kappa shape index (κ2) is 12.8. The Kier molecular flexibility index (Phi) is 9.21. The average Bonchev–Trinajstić information content (AvgIpc) is 3.00. The van der Waals surface area contributed by atoms with E-state index in [9.17, 15) is 0 Å². The lowest BCUT2D eigenvalue weighted by molar-refractivity contribution is -0.0354. The number of hydrogen-bond acceptors (Lipinski definition) is 4. The van der Waals surface area contributed by atoms with E-state index in [0.717, 1.165) is 94.1 Å². The summed E-state index contributed by atoms with van der Waals surface area (Å²) in [5, 5.41) is 0.697. The van der Waals surface area contributed by atoms with Crippen LogP contribution in [0.2, 0.25) is 5.02 Å². The highest BCUT2D eigenvalue weighted by atomic mass is 35.5. The van der Waals surface area contributed by atoms with Crippen LogP contribution in [0.25, 0.3) is 28.0 Å². The first-order valence-corrected chi connectivity index (χ1v) is 15.6. The van der Waals surface area contributed by atoms with Crippen LogP contribution in [0.15, 0.2) is 65.4 Å². The predicted octanol–water partition coefficient (Wildman–Crippen LogP) is 9.64. The summed E-state index contributed by atoms with van der Waals surface area (Å²) in [5.41, 5.74) is 11.5. The highest BCUT2D eigenvalue weighted by Crippen LogP contribution is 2.40. The van der Waals surface area contributed by atoms with Crippen molar-refractivity contribution >= 4 is 23.4 Å². The molecule has 5 rings (SSSR count). The number of nitrogens with zero attached hydrogens (tertiary/aromatic N) is 4. The summed E-state index contributed by atoms with van der Waals surface area (Å²) in [4.78, 5) is 17.5. The van der Waals surface area contributed by atoms with Crippen LogP contribution in [0.1, 0.15) is 88.7 Å². The molecule has 0 saturated carbocycles. The van der Waals surface area contributed by atoms with Gasteiger partial charge in [-0.15, -0.1) is 0 Å². The number of fused-ring (bicyclic) bond motifs is 2. The molecule has 4 nitrogen and oxygen atoms in total.